The van der Waals surface area contributed by atoms with Crippen molar-refractivity contribution >= 4 is 21.6 Å². The summed E-state index contributed by atoms with van der Waals surface area (Å²) in [5.41, 5.74) is 0.0905. The van der Waals surface area contributed by atoms with Gasteiger partial charge in [-0.3, -0.25) is 10.1 Å². The van der Waals surface area contributed by atoms with Gasteiger partial charge < -0.3 is 4.74 Å². The van der Waals surface area contributed by atoms with Gasteiger partial charge in [0.25, 0.3) is 0 Å². The number of nitro groups is 1. The van der Waals surface area contributed by atoms with Crippen LogP contribution in [0.3, 0.4) is 0 Å². The van der Waals surface area contributed by atoms with Crippen molar-refractivity contribution in [3.05, 3.63) is 56.8 Å². The highest BCUT2D eigenvalue weighted by atomic mass is 79.9. The Morgan fingerprint density at radius 2 is 2.16 bits per heavy atom. The number of nitro benzene ring substituents is 1. The molecule has 0 aliphatic heterocycles. The third kappa shape index (κ3) is 2.86. The number of ether oxygens (including phenoxy) is 1. The number of para-hydroxylation sites is 1. The third-order valence-corrected chi connectivity index (χ3v) is 2.84. The molecule has 0 saturated heterocycles. The first kappa shape index (κ1) is 13.0. The number of nitrogens with zero attached hydrogens (tertiary/aromatic N) is 3. The van der Waals surface area contributed by atoms with E-state index in [1.807, 2.05) is 6.07 Å². The summed E-state index contributed by atoms with van der Waals surface area (Å²) in [5, 5.41) is 19.5. The van der Waals surface area contributed by atoms with Crippen LogP contribution in [0.4, 0.5) is 5.69 Å². The maximum Gasteiger partial charge on any atom is 0.312 e. The maximum atomic E-state index is 10.9. The molecule has 0 atom stereocenters. The van der Waals surface area contributed by atoms with Crippen molar-refractivity contribution in [2.45, 2.75) is 0 Å². The monoisotopic (exact) mass is 319 g/mol. The number of pyridine rings is 1. The predicted octanol–water partition coefficient (Wildman–Crippen LogP) is 3.42. The molecule has 0 N–H and O–H groups in total. The Morgan fingerprint density at radius 3 is 2.74 bits per heavy atom. The van der Waals surface area contributed by atoms with Crippen LogP contribution < -0.4 is 4.74 Å². The first-order valence-electron chi connectivity index (χ1n) is 5.08. The van der Waals surface area contributed by atoms with Crippen molar-refractivity contribution in [3.63, 3.8) is 0 Å². The van der Waals surface area contributed by atoms with Gasteiger partial charge in [-0.1, -0.05) is 6.07 Å². The fourth-order valence-corrected chi connectivity index (χ4v) is 1.80. The summed E-state index contributed by atoms with van der Waals surface area (Å²) in [6, 6.07) is 9.40. The molecular formula is C12H6BrN3O3. The Balaban J connectivity index is 2.37. The molecular weight excluding hydrogens is 314 g/mol. The van der Waals surface area contributed by atoms with Gasteiger partial charge in [-0.05, 0) is 34.1 Å². The average molecular weight is 320 g/mol. The van der Waals surface area contributed by atoms with Gasteiger partial charge in [-0.2, -0.15) is 5.26 Å². The molecule has 0 fully saturated rings. The number of hydrogen-bond acceptors (Lipinski definition) is 5. The summed E-state index contributed by atoms with van der Waals surface area (Å²) < 4.78 is 5.90. The van der Waals surface area contributed by atoms with Crippen molar-refractivity contribution in [1.82, 2.24) is 4.98 Å². The highest BCUT2D eigenvalue weighted by Crippen LogP contribution is 2.37. The van der Waals surface area contributed by atoms with Crippen LogP contribution in [-0.4, -0.2) is 9.91 Å². The van der Waals surface area contributed by atoms with E-state index in [9.17, 15) is 10.1 Å². The van der Waals surface area contributed by atoms with Gasteiger partial charge >= 0.3 is 5.69 Å². The molecule has 94 valence electrons. The first-order valence-corrected chi connectivity index (χ1v) is 5.88. The standard InChI is InChI=1S/C12H6BrN3O3/c13-10-2-1-3-11(16(17)18)12(10)19-9-5-4-8(6-14)15-7-9/h1-5,7H. The van der Waals surface area contributed by atoms with Gasteiger partial charge in [0.05, 0.1) is 15.6 Å². The van der Waals surface area contributed by atoms with E-state index < -0.39 is 4.92 Å². The molecule has 0 aliphatic carbocycles. The number of benzene rings is 1. The van der Waals surface area contributed by atoms with Crippen molar-refractivity contribution in [1.29, 1.82) is 5.26 Å². The zero-order chi connectivity index (χ0) is 13.8. The highest BCUT2D eigenvalue weighted by Gasteiger charge is 2.18. The third-order valence-electron chi connectivity index (χ3n) is 2.21. The molecule has 1 heterocycles. The minimum absolute atomic E-state index is 0.0963. The van der Waals surface area contributed by atoms with Crippen molar-refractivity contribution in [2.75, 3.05) is 0 Å². The predicted molar refractivity (Wildman–Crippen MR) is 69.8 cm³/mol. The molecule has 7 heteroatoms. The van der Waals surface area contributed by atoms with E-state index in [4.69, 9.17) is 10.00 Å². The summed E-state index contributed by atoms with van der Waals surface area (Å²) in [6.07, 6.45) is 1.34. The Bertz CT molecular complexity index is 665. The molecule has 6 nitrogen and oxygen atoms in total. The number of nitriles is 1. The van der Waals surface area contributed by atoms with Gasteiger partial charge in [0, 0.05) is 6.07 Å². The van der Waals surface area contributed by atoms with E-state index >= 15 is 0 Å². The van der Waals surface area contributed by atoms with Crippen LogP contribution in [-0.2, 0) is 0 Å². The number of halogens is 1. The number of aromatic nitrogens is 1. The molecule has 2 rings (SSSR count). The molecule has 1 aromatic heterocycles. The summed E-state index contributed by atoms with van der Waals surface area (Å²) in [4.78, 5) is 14.2. The quantitative estimate of drug-likeness (QED) is 0.638. The van der Waals surface area contributed by atoms with Crippen molar-refractivity contribution < 1.29 is 9.66 Å². The zero-order valence-electron chi connectivity index (χ0n) is 9.41. The minimum Gasteiger partial charge on any atom is -0.447 e. The SMILES string of the molecule is N#Cc1ccc(Oc2c(Br)cccc2[N+](=O)[O-])cn1. The molecule has 0 radical (unpaired) electrons. The molecule has 0 bridgehead atoms. The van der Waals surface area contributed by atoms with Crippen molar-refractivity contribution in [3.8, 4) is 17.6 Å². The maximum absolute atomic E-state index is 10.9. The summed E-state index contributed by atoms with van der Waals surface area (Å²) in [7, 11) is 0. The summed E-state index contributed by atoms with van der Waals surface area (Å²) in [6.45, 7) is 0. The minimum atomic E-state index is -0.531. The smallest absolute Gasteiger partial charge is 0.312 e. The molecule has 1 aromatic carbocycles. The van der Waals surface area contributed by atoms with Crippen molar-refractivity contribution in [2.24, 2.45) is 0 Å². The highest BCUT2D eigenvalue weighted by molar-refractivity contribution is 9.10. The van der Waals surface area contributed by atoms with Gasteiger partial charge in [-0.15, -0.1) is 0 Å². The molecule has 2 aromatic rings. The topological polar surface area (TPSA) is 89.0 Å². The second-order valence-corrected chi connectivity index (χ2v) is 4.29. The lowest BCUT2D eigenvalue weighted by Gasteiger charge is -2.07. The molecule has 0 aliphatic rings. The van der Waals surface area contributed by atoms with Gasteiger partial charge in [0.1, 0.15) is 17.5 Å². The molecule has 0 amide bonds. The van der Waals surface area contributed by atoms with Crippen LogP contribution in [0, 0.1) is 21.4 Å². The molecule has 0 saturated carbocycles. The lowest BCUT2D eigenvalue weighted by Crippen LogP contribution is -1.94. The van der Waals surface area contributed by atoms with E-state index in [0.717, 1.165) is 0 Å². The van der Waals surface area contributed by atoms with Crippen LogP contribution in [0.5, 0.6) is 11.5 Å². The average Bonchev–Trinajstić information content (AvgIpc) is 2.41. The second kappa shape index (κ2) is 5.46. The Kier molecular flexibility index (Phi) is 3.73. The molecule has 19 heavy (non-hydrogen) atoms. The van der Waals surface area contributed by atoms with Crippen LogP contribution in [0.25, 0.3) is 0 Å². The Morgan fingerprint density at radius 1 is 1.37 bits per heavy atom. The molecule has 0 spiro atoms. The zero-order valence-corrected chi connectivity index (χ0v) is 11.0. The first-order chi connectivity index (χ1) is 9.11. The van der Waals surface area contributed by atoms with Gasteiger partial charge in [0.2, 0.25) is 5.75 Å². The van der Waals surface area contributed by atoms with Crippen LogP contribution >= 0.6 is 15.9 Å². The fourth-order valence-electron chi connectivity index (χ4n) is 1.37. The number of hydrogen-bond donors (Lipinski definition) is 0. The molecule has 0 unspecified atom stereocenters. The fraction of sp³-hybridized carbons (Fsp3) is 0. The van der Waals surface area contributed by atoms with Gasteiger partial charge in [-0.25, -0.2) is 4.98 Å². The Hall–Kier alpha value is -2.46. The van der Waals surface area contributed by atoms with Crippen LogP contribution in [0.2, 0.25) is 0 Å². The van der Waals surface area contributed by atoms with E-state index in [1.165, 1.54) is 24.4 Å². The normalized spacial score (nSPS) is 9.68. The van der Waals surface area contributed by atoms with E-state index in [1.54, 1.807) is 12.1 Å². The van der Waals surface area contributed by atoms with Crippen LogP contribution in [0.1, 0.15) is 5.69 Å². The number of rotatable bonds is 3. The van der Waals surface area contributed by atoms with E-state index in [2.05, 4.69) is 20.9 Å². The lowest BCUT2D eigenvalue weighted by molar-refractivity contribution is -0.385. The van der Waals surface area contributed by atoms with E-state index in [-0.39, 0.29) is 17.1 Å². The summed E-state index contributed by atoms with van der Waals surface area (Å²) in [5.74, 6) is 0.410. The Labute approximate surface area is 116 Å². The lowest BCUT2D eigenvalue weighted by atomic mass is 10.3. The second-order valence-electron chi connectivity index (χ2n) is 3.44. The van der Waals surface area contributed by atoms with Gasteiger partial charge in [0.15, 0.2) is 0 Å². The summed E-state index contributed by atoms with van der Waals surface area (Å²) >= 11 is 3.20. The largest absolute Gasteiger partial charge is 0.447 e. The van der Waals surface area contributed by atoms with Crippen LogP contribution in [0.15, 0.2) is 41.0 Å². The van der Waals surface area contributed by atoms with E-state index in [0.29, 0.717) is 10.2 Å².